The molecule has 0 bridgehead atoms. The minimum Gasteiger partial charge on any atom is -0.366 e. The Kier molecular flexibility index (Phi) is 5.76. The number of primary amides is 1. The number of nitrogens with zero attached hydrogens (tertiary/aromatic N) is 1. The molecule has 0 unspecified atom stereocenters. The van der Waals surface area contributed by atoms with E-state index < -0.39 is 5.91 Å². The monoisotopic (exact) mass is 571 g/mol. The van der Waals surface area contributed by atoms with E-state index in [0.29, 0.717) is 22.2 Å². The molecule has 3 nitrogen and oxygen atoms in total. The molecule has 175 valence electrons. The summed E-state index contributed by atoms with van der Waals surface area (Å²) in [6.07, 6.45) is 0. The summed E-state index contributed by atoms with van der Waals surface area (Å²) in [5.41, 5.74) is 10.8. The fourth-order valence-electron chi connectivity index (χ4n) is 4.92. The molecule has 2 N–H and O–H groups in total. The van der Waals surface area contributed by atoms with E-state index in [1.54, 1.807) is 6.07 Å². The van der Waals surface area contributed by atoms with Gasteiger partial charge in [0.1, 0.15) is 0 Å². The van der Waals surface area contributed by atoms with Crippen LogP contribution in [0.5, 0.6) is 0 Å². The Balaban J connectivity index is 1.65. The second kappa shape index (κ2) is 8.97. The molecular formula is C30H18BrCl2N2O. The first kappa shape index (κ1) is 23.1. The van der Waals surface area contributed by atoms with Crippen molar-refractivity contribution >= 4 is 77.6 Å². The Morgan fingerprint density at radius 1 is 0.917 bits per heavy atom. The minimum atomic E-state index is -0.474. The maximum atomic E-state index is 12.4. The summed E-state index contributed by atoms with van der Waals surface area (Å²) in [6, 6.07) is 30.9. The van der Waals surface area contributed by atoms with Gasteiger partial charge < -0.3 is 10.3 Å². The van der Waals surface area contributed by atoms with E-state index in [2.05, 4.69) is 56.9 Å². The highest BCUT2D eigenvalue weighted by Crippen LogP contribution is 2.39. The van der Waals surface area contributed by atoms with Gasteiger partial charge in [-0.25, -0.2) is 0 Å². The van der Waals surface area contributed by atoms with E-state index in [0.717, 1.165) is 53.7 Å². The van der Waals surface area contributed by atoms with Crippen LogP contribution in [0.4, 0.5) is 0 Å². The summed E-state index contributed by atoms with van der Waals surface area (Å²) in [7, 11) is 0. The first-order valence-corrected chi connectivity index (χ1v) is 12.9. The van der Waals surface area contributed by atoms with Crippen molar-refractivity contribution in [2.75, 3.05) is 0 Å². The van der Waals surface area contributed by atoms with Crippen LogP contribution in [0.3, 0.4) is 0 Å². The quantitative estimate of drug-likeness (QED) is 0.226. The van der Waals surface area contributed by atoms with Gasteiger partial charge in [0.2, 0.25) is 5.91 Å². The predicted octanol–water partition coefficient (Wildman–Crippen LogP) is 8.63. The molecule has 1 aromatic heterocycles. The first-order chi connectivity index (χ1) is 17.4. The number of rotatable bonds is 4. The maximum Gasteiger partial charge on any atom is 0.249 e. The predicted molar refractivity (Wildman–Crippen MR) is 153 cm³/mol. The van der Waals surface area contributed by atoms with E-state index in [1.807, 2.05) is 48.5 Å². The van der Waals surface area contributed by atoms with Crippen LogP contribution in [-0.2, 0) is 6.54 Å². The number of carbonyl (C=O) groups excluding carboxylic acids is 1. The fourth-order valence-corrected chi connectivity index (χ4v) is 6.15. The number of aromatic nitrogens is 1. The molecule has 1 heterocycles. The Labute approximate surface area is 226 Å². The van der Waals surface area contributed by atoms with Crippen LogP contribution in [0, 0.1) is 6.07 Å². The normalized spacial score (nSPS) is 11.5. The second-order valence-electron chi connectivity index (χ2n) is 8.66. The van der Waals surface area contributed by atoms with E-state index in [1.165, 1.54) is 0 Å². The number of carbonyl (C=O) groups is 1. The second-order valence-corrected chi connectivity index (χ2v) is 10.3. The molecule has 0 aliphatic carbocycles. The van der Waals surface area contributed by atoms with Gasteiger partial charge in [-0.15, -0.1) is 0 Å². The third-order valence-corrected chi connectivity index (χ3v) is 8.15. The van der Waals surface area contributed by atoms with E-state index in [-0.39, 0.29) is 0 Å². The van der Waals surface area contributed by atoms with Crippen molar-refractivity contribution in [1.82, 2.24) is 4.57 Å². The van der Waals surface area contributed by atoms with E-state index >= 15 is 0 Å². The van der Waals surface area contributed by atoms with Crippen LogP contribution >= 0.6 is 39.1 Å². The average Bonchev–Trinajstić information content (AvgIpc) is 3.18. The summed E-state index contributed by atoms with van der Waals surface area (Å²) < 4.78 is 3.23. The van der Waals surface area contributed by atoms with Gasteiger partial charge in [-0.05, 0) is 80.3 Å². The van der Waals surface area contributed by atoms with Crippen LogP contribution in [0.2, 0.25) is 10.0 Å². The number of fused-ring (bicyclic) bond motifs is 4. The third kappa shape index (κ3) is 3.68. The van der Waals surface area contributed by atoms with Crippen molar-refractivity contribution in [3.63, 3.8) is 0 Å². The molecule has 0 aliphatic rings. The zero-order valence-electron chi connectivity index (χ0n) is 18.9. The fraction of sp³-hybridized carbons (Fsp3) is 0.0333. The summed E-state index contributed by atoms with van der Waals surface area (Å²) in [5.74, 6) is -0.474. The molecule has 0 spiro atoms. The molecule has 6 heteroatoms. The SMILES string of the molecule is NC(=O)c1cccc2c1c1[c]cc(-c3c(Cl)cccc3Cl)cc1n2Cc1ccc2ccccc2c1Br. The maximum absolute atomic E-state index is 12.4. The van der Waals surface area contributed by atoms with Crippen molar-refractivity contribution < 1.29 is 4.79 Å². The molecule has 0 saturated heterocycles. The molecular weight excluding hydrogens is 555 g/mol. The van der Waals surface area contributed by atoms with Crippen molar-refractivity contribution in [3.05, 3.63) is 117 Å². The molecule has 0 saturated carbocycles. The minimum absolute atomic E-state index is 0.466. The zero-order valence-corrected chi connectivity index (χ0v) is 22.0. The van der Waals surface area contributed by atoms with Crippen molar-refractivity contribution in [2.24, 2.45) is 5.73 Å². The van der Waals surface area contributed by atoms with Gasteiger partial charge in [-0.2, -0.15) is 0 Å². The smallest absolute Gasteiger partial charge is 0.249 e. The Morgan fingerprint density at radius 2 is 1.67 bits per heavy atom. The molecule has 6 aromatic rings. The van der Waals surface area contributed by atoms with Gasteiger partial charge in [0.15, 0.2) is 0 Å². The number of halogens is 3. The average molecular weight is 573 g/mol. The van der Waals surface area contributed by atoms with Gasteiger partial charge >= 0.3 is 0 Å². The lowest BCUT2D eigenvalue weighted by Gasteiger charge is -2.13. The highest BCUT2D eigenvalue weighted by molar-refractivity contribution is 9.10. The zero-order chi connectivity index (χ0) is 25.0. The van der Waals surface area contributed by atoms with Crippen LogP contribution in [-0.4, -0.2) is 10.5 Å². The van der Waals surface area contributed by atoms with Crippen LogP contribution in [0.1, 0.15) is 15.9 Å². The highest BCUT2D eigenvalue weighted by Gasteiger charge is 2.19. The molecule has 0 aliphatic heterocycles. The number of nitrogens with two attached hydrogens (primary N) is 1. The van der Waals surface area contributed by atoms with Gasteiger partial charge in [-0.1, -0.05) is 71.7 Å². The van der Waals surface area contributed by atoms with Gasteiger partial charge in [0.05, 0.1) is 11.0 Å². The Morgan fingerprint density at radius 3 is 2.44 bits per heavy atom. The van der Waals surface area contributed by atoms with Crippen molar-refractivity contribution in [2.45, 2.75) is 6.54 Å². The molecule has 0 fully saturated rings. The largest absolute Gasteiger partial charge is 0.366 e. The lowest BCUT2D eigenvalue weighted by atomic mass is 10.0. The lowest BCUT2D eigenvalue weighted by molar-refractivity contribution is 0.100. The standard InChI is InChI=1S/C30H18BrCl2N2O/c31-29-19(12-11-17-5-1-2-6-20(17)29)16-35-25-10-3-7-22(30(34)36)28(25)21-14-13-18(15-26(21)35)27-23(32)8-4-9-24(27)33/h1-13,15H,16H2,(H2,34,36). The van der Waals surface area contributed by atoms with Gasteiger partial charge in [0.25, 0.3) is 0 Å². The number of hydrogen-bond donors (Lipinski definition) is 1. The van der Waals surface area contributed by atoms with Crippen LogP contribution < -0.4 is 5.73 Å². The number of hydrogen-bond acceptors (Lipinski definition) is 1. The number of amides is 1. The molecule has 1 radical (unpaired) electrons. The molecule has 1 amide bonds. The lowest BCUT2D eigenvalue weighted by Crippen LogP contribution is -2.11. The number of benzene rings is 5. The summed E-state index contributed by atoms with van der Waals surface area (Å²) in [5, 5.41) is 5.04. The Bertz CT molecular complexity index is 1820. The van der Waals surface area contributed by atoms with Crippen molar-refractivity contribution in [1.29, 1.82) is 0 Å². The van der Waals surface area contributed by atoms with E-state index in [4.69, 9.17) is 28.9 Å². The van der Waals surface area contributed by atoms with Crippen LogP contribution in [0.25, 0.3) is 43.7 Å². The topological polar surface area (TPSA) is 48.0 Å². The van der Waals surface area contributed by atoms with E-state index in [9.17, 15) is 4.79 Å². The first-order valence-electron chi connectivity index (χ1n) is 11.3. The van der Waals surface area contributed by atoms with Gasteiger partial charge in [-0.3, -0.25) is 4.79 Å². The molecule has 36 heavy (non-hydrogen) atoms. The highest BCUT2D eigenvalue weighted by atomic mass is 79.9. The molecule has 5 aromatic carbocycles. The Hall–Kier alpha value is -3.31. The van der Waals surface area contributed by atoms with Crippen molar-refractivity contribution in [3.8, 4) is 11.1 Å². The molecule has 6 rings (SSSR count). The summed E-state index contributed by atoms with van der Waals surface area (Å²) >= 11 is 16.9. The van der Waals surface area contributed by atoms with Gasteiger partial charge in [0, 0.05) is 43.0 Å². The third-order valence-electron chi connectivity index (χ3n) is 6.58. The van der Waals surface area contributed by atoms with Crippen LogP contribution in [0.15, 0.2) is 89.4 Å². The summed E-state index contributed by atoms with van der Waals surface area (Å²) in [4.78, 5) is 12.4. The molecule has 0 atom stereocenters. The summed E-state index contributed by atoms with van der Waals surface area (Å²) in [6.45, 7) is 0.571.